The molecule has 0 amide bonds. The molecule has 1 heterocycles. The van der Waals surface area contributed by atoms with E-state index in [0.29, 0.717) is 18.1 Å². The van der Waals surface area contributed by atoms with Gasteiger partial charge in [0.05, 0.1) is 24.7 Å². The predicted octanol–water partition coefficient (Wildman–Crippen LogP) is 0.0969. The third-order valence-corrected chi connectivity index (χ3v) is 4.83. The Bertz CT molecular complexity index is 471. The Morgan fingerprint density at radius 3 is 2.74 bits per heavy atom. The molecule has 0 bridgehead atoms. The minimum Gasteiger partial charge on any atom is -0.391 e. The van der Waals surface area contributed by atoms with Crippen LogP contribution in [0.1, 0.15) is 4.88 Å². The first-order valence-corrected chi connectivity index (χ1v) is 8.22. The molecule has 0 spiro atoms. The molecule has 0 saturated carbocycles. The highest BCUT2D eigenvalue weighted by Gasteiger charge is 2.15. The second-order valence-corrected chi connectivity index (χ2v) is 6.98. The molecule has 0 fully saturated rings. The van der Waals surface area contributed by atoms with Gasteiger partial charge >= 0.3 is 0 Å². The zero-order chi connectivity index (χ0) is 14.3. The van der Waals surface area contributed by atoms with Crippen molar-refractivity contribution >= 4 is 21.4 Å². The van der Waals surface area contributed by atoms with Crippen molar-refractivity contribution in [2.75, 3.05) is 40.4 Å². The second-order valence-electron chi connectivity index (χ2n) is 4.22. The van der Waals surface area contributed by atoms with Gasteiger partial charge in [-0.2, -0.15) is 0 Å². The number of likely N-dealkylation sites (N-methyl/N-ethyl adjacent to an activating group) is 1. The van der Waals surface area contributed by atoms with Crippen LogP contribution < -0.4 is 4.72 Å². The molecule has 1 aromatic rings. The van der Waals surface area contributed by atoms with E-state index in [9.17, 15) is 8.42 Å². The lowest BCUT2D eigenvalue weighted by molar-refractivity contribution is 0.122. The number of sulfonamides is 1. The second kappa shape index (κ2) is 7.93. The van der Waals surface area contributed by atoms with E-state index in [1.54, 1.807) is 0 Å². The van der Waals surface area contributed by atoms with Gasteiger partial charge < -0.3 is 14.7 Å². The van der Waals surface area contributed by atoms with Crippen molar-refractivity contribution in [1.29, 1.82) is 0 Å². The topological polar surface area (TPSA) is 78.9 Å². The average molecular weight is 308 g/mol. The van der Waals surface area contributed by atoms with Gasteiger partial charge in [-0.3, -0.25) is 0 Å². The summed E-state index contributed by atoms with van der Waals surface area (Å²) in [7, 11) is 0.397. The van der Waals surface area contributed by atoms with E-state index >= 15 is 0 Å². The van der Waals surface area contributed by atoms with Gasteiger partial charge in [0.1, 0.15) is 0 Å². The van der Waals surface area contributed by atoms with Crippen LogP contribution in [0.2, 0.25) is 0 Å². The molecule has 0 aliphatic heterocycles. The molecule has 0 aliphatic carbocycles. The fourth-order valence-corrected chi connectivity index (χ4v) is 3.41. The Labute approximate surface area is 118 Å². The molecule has 0 radical (unpaired) electrons. The maximum Gasteiger partial charge on any atom is 0.241 e. The Hall–Kier alpha value is -0.510. The number of hydrogen-bond acceptors (Lipinski definition) is 6. The Morgan fingerprint density at radius 1 is 1.42 bits per heavy atom. The fraction of sp³-hybridized carbons (Fsp3) is 0.636. The molecule has 6 nitrogen and oxygen atoms in total. The van der Waals surface area contributed by atoms with E-state index in [-0.39, 0.29) is 18.0 Å². The quantitative estimate of drug-likeness (QED) is 0.633. The molecule has 1 rings (SSSR count). The maximum atomic E-state index is 11.9. The van der Waals surface area contributed by atoms with E-state index in [0.717, 1.165) is 6.54 Å². The standard InChI is InChI=1S/C11H20N2O4S2/c1-13(2)4-6-17-5-3-12-19(15,16)11-7-10(8-14)18-9-11/h7,9,12,14H,3-6,8H2,1-2H3. The molecular weight excluding hydrogens is 288 g/mol. The summed E-state index contributed by atoms with van der Waals surface area (Å²) < 4.78 is 31.5. The molecule has 0 atom stereocenters. The lowest BCUT2D eigenvalue weighted by Gasteiger charge is -2.10. The van der Waals surface area contributed by atoms with Crippen molar-refractivity contribution in [3.05, 3.63) is 16.3 Å². The van der Waals surface area contributed by atoms with E-state index in [1.165, 1.54) is 22.8 Å². The average Bonchev–Trinajstić information content (AvgIpc) is 2.82. The third kappa shape index (κ3) is 5.98. The smallest absolute Gasteiger partial charge is 0.241 e. The summed E-state index contributed by atoms with van der Waals surface area (Å²) in [4.78, 5) is 2.81. The van der Waals surface area contributed by atoms with E-state index < -0.39 is 10.0 Å². The highest BCUT2D eigenvalue weighted by molar-refractivity contribution is 7.89. The van der Waals surface area contributed by atoms with Gasteiger partial charge in [-0.15, -0.1) is 11.3 Å². The van der Waals surface area contributed by atoms with Gasteiger partial charge in [-0.05, 0) is 20.2 Å². The van der Waals surface area contributed by atoms with Crippen LogP contribution in [0.4, 0.5) is 0 Å². The summed E-state index contributed by atoms with van der Waals surface area (Å²) in [5.41, 5.74) is 0. The van der Waals surface area contributed by atoms with Crippen molar-refractivity contribution in [2.24, 2.45) is 0 Å². The summed E-state index contributed by atoms with van der Waals surface area (Å²) in [5, 5.41) is 10.4. The molecule has 1 aromatic heterocycles. The van der Waals surface area contributed by atoms with Crippen LogP contribution in [0.15, 0.2) is 16.3 Å². The highest BCUT2D eigenvalue weighted by Crippen LogP contribution is 2.18. The number of aliphatic hydroxyl groups is 1. The first kappa shape index (κ1) is 16.5. The molecule has 8 heteroatoms. The van der Waals surface area contributed by atoms with Crippen LogP contribution in [-0.4, -0.2) is 58.8 Å². The molecule has 0 aliphatic rings. The van der Waals surface area contributed by atoms with Gasteiger partial charge in [0.25, 0.3) is 0 Å². The van der Waals surface area contributed by atoms with Crippen LogP contribution in [0, 0.1) is 0 Å². The molecule has 110 valence electrons. The number of ether oxygens (including phenoxy) is 1. The van der Waals surface area contributed by atoms with Crippen molar-refractivity contribution in [2.45, 2.75) is 11.5 Å². The summed E-state index contributed by atoms with van der Waals surface area (Å²) in [6.45, 7) is 1.80. The maximum absolute atomic E-state index is 11.9. The van der Waals surface area contributed by atoms with E-state index in [1.807, 2.05) is 19.0 Å². The number of rotatable bonds is 9. The monoisotopic (exact) mass is 308 g/mol. The lowest BCUT2D eigenvalue weighted by atomic mass is 10.5. The zero-order valence-corrected chi connectivity index (χ0v) is 12.8. The van der Waals surface area contributed by atoms with Crippen molar-refractivity contribution < 1.29 is 18.3 Å². The van der Waals surface area contributed by atoms with Crippen LogP contribution in [0.3, 0.4) is 0 Å². The largest absolute Gasteiger partial charge is 0.391 e. The van der Waals surface area contributed by atoms with Crippen LogP contribution in [-0.2, 0) is 21.4 Å². The zero-order valence-electron chi connectivity index (χ0n) is 11.1. The Kier molecular flexibility index (Phi) is 6.90. The van der Waals surface area contributed by atoms with Gasteiger partial charge in [0.2, 0.25) is 10.0 Å². The molecular formula is C11H20N2O4S2. The predicted molar refractivity (Wildman–Crippen MR) is 74.8 cm³/mol. The summed E-state index contributed by atoms with van der Waals surface area (Å²) in [6, 6.07) is 1.47. The van der Waals surface area contributed by atoms with Gasteiger partial charge in [0.15, 0.2) is 0 Å². The first-order chi connectivity index (χ1) is 8.95. The molecule has 0 unspecified atom stereocenters. The van der Waals surface area contributed by atoms with Crippen molar-refractivity contribution in [3.8, 4) is 0 Å². The van der Waals surface area contributed by atoms with Crippen LogP contribution in [0.25, 0.3) is 0 Å². The highest BCUT2D eigenvalue weighted by atomic mass is 32.2. The van der Waals surface area contributed by atoms with Crippen LogP contribution >= 0.6 is 11.3 Å². The number of nitrogens with zero attached hydrogens (tertiary/aromatic N) is 1. The minimum absolute atomic E-state index is 0.145. The number of aliphatic hydroxyl groups excluding tert-OH is 1. The Balaban J connectivity index is 2.31. The SMILES string of the molecule is CN(C)CCOCCNS(=O)(=O)c1csc(CO)c1. The van der Waals surface area contributed by atoms with Crippen molar-refractivity contribution in [1.82, 2.24) is 9.62 Å². The molecule has 0 saturated heterocycles. The minimum atomic E-state index is -3.49. The summed E-state index contributed by atoms with van der Waals surface area (Å²) in [6.07, 6.45) is 0. The number of nitrogens with one attached hydrogen (secondary N) is 1. The third-order valence-electron chi connectivity index (χ3n) is 2.32. The van der Waals surface area contributed by atoms with Crippen LogP contribution in [0.5, 0.6) is 0 Å². The lowest BCUT2D eigenvalue weighted by Crippen LogP contribution is -2.28. The summed E-state index contributed by atoms with van der Waals surface area (Å²) in [5.74, 6) is 0. The van der Waals surface area contributed by atoms with E-state index in [4.69, 9.17) is 9.84 Å². The van der Waals surface area contributed by atoms with E-state index in [2.05, 4.69) is 4.72 Å². The Morgan fingerprint density at radius 2 is 2.16 bits per heavy atom. The normalized spacial score (nSPS) is 12.2. The fourth-order valence-electron chi connectivity index (χ4n) is 1.27. The van der Waals surface area contributed by atoms with Gasteiger partial charge in [-0.1, -0.05) is 0 Å². The van der Waals surface area contributed by atoms with Crippen molar-refractivity contribution in [3.63, 3.8) is 0 Å². The molecule has 2 N–H and O–H groups in total. The number of hydrogen-bond donors (Lipinski definition) is 2. The molecule has 0 aromatic carbocycles. The van der Waals surface area contributed by atoms with Gasteiger partial charge in [-0.25, -0.2) is 13.1 Å². The van der Waals surface area contributed by atoms with Gasteiger partial charge in [0, 0.05) is 23.3 Å². The summed E-state index contributed by atoms with van der Waals surface area (Å²) >= 11 is 1.22. The molecule has 19 heavy (non-hydrogen) atoms. The first-order valence-electron chi connectivity index (χ1n) is 5.86. The number of thiophene rings is 1.